The van der Waals surface area contributed by atoms with Crippen molar-refractivity contribution in [3.8, 4) is 0 Å². The molecule has 0 aliphatic carbocycles. The molecule has 1 fully saturated rings. The first-order chi connectivity index (χ1) is 11.3. The summed E-state index contributed by atoms with van der Waals surface area (Å²) in [6, 6.07) is 0. The predicted octanol–water partition coefficient (Wildman–Crippen LogP) is 1.91. The van der Waals surface area contributed by atoms with E-state index in [1.54, 1.807) is 41.5 Å². The zero-order valence-electron chi connectivity index (χ0n) is 15.3. The molecule has 0 radical (unpaired) electrons. The van der Waals surface area contributed by atoms with Gasteiger partial charge in [0, 0.05) is 0 Å². The fourth-order valence-corrected chi connectivity index (χ4v) is 3.04. The number of hydrogen-bond acceptors (Lipinski definition) is 9. The van der Waals surface area contributed by atoms with Crippen LogP contribution in [0.15, 0.2) is 0 Å². The van der Waals surface area contributed by atoms with Crippen LogP contribution in [-0.4, -0.2) is 44.5 Å². The second-order valence-electron chi connectivity index (χ2n) is 7.48. The van der Waals surface area contributed by atoms with E-state index in [1.807, 2.05) is 0 Å². The van der Waals surface area contributed by atoms with Gasteiger partial charge < -0.3 is 14.5 Å². The van der Waals surface area contributed by atoms with Crippen molar-refractivity contribution in [2.45, 2.75) is 77.7 Å². The van der Waals surface area contributed by atoms with E-state index in [4.69, 9.17) is 9.68 Å². The first-order valence-corrected chi connectivity index (χ1v) is 7.93. The van der Waals surface area contributed by atoms with Crippen LogP contribution in [-0.2, 0) is 19.3 Å². The molecule has 11 nitrogen and oxygen atoms in total. The quantitative estimate of drug-likeness (QED) is 0.512. The molecule has 1 saturated heterocycles. The Balaban J connectivity index is 3.32. The van der Waals surface area contributed by atoms with Crippen LogP contribution in [0.5, 0.6) is 0 Å². The molecule has 25 heavy (non-hydrogen) atoms. The van der Waals surface area contributed by atoms with E-state index in [0.717, 1.165) is 0 Å². The van der Waals surface area contributed by atoms with Gasteiger partial charge in [-0.2, -0.15) is 0 Å². The van der Waals surface area contributed by atoms with Crippen molar-refractivity contribution < 1.29 is 29.5 Å². The highest BCUT2D eigenvalue weighted by Gasteiger charge is 2.54. The highest BCUT2D eigenvalue weighted by molar-refractivity contribution is 5.71. The average Bonchev–Trinajstić information content (AvgIpc) is 2.50. The lowest BCUT2D eigenvalue weighted by Gasteiger charge is -2.47. The summed E-state index contributed by atoms with van der Waals surface area (Å²) in [6.45, 7) is 9.98. The van der Waals surface area contributed by atoms with Crippen LogP contribution in [0.3, 0.4) is 0 Å². The molecule has 1 heterocycles. The number of hydroxylamine groups is 2. The van der Waals surface area contributed by atoms with E-state index >= 15 is 0 Å². The van der Waals surface area contributed by atoms with Gasteiger partial charge in [0.1, 0.15) is 6.10 Å². The molecule has 2 unspecified atom stereocenters. The van der Waals surface area contributed by atoms with E-state index < -0.39 is 45.3 Å². The fraction of sp³-hybridized carbons (Fsp3) is 0.929. The lowest BCUT2D eigenvalue weighted by molar-refractivity contribution is -0.801. The van der Waals surface area contributed by atoms with Crippen LogP contribution in [0.1, 0.15) is 54.4 Å². The Labute approximate surface area is 145 Å². The van der Waals surface area contributed by atoms with E-state index in [0.29, 0.717) is 6.42 Å². The van der Waals surface area contributed by atoms with Gasteiger partial charge in [0.2, 0.25) is 0 Å². The van der Waals surface area contributed by atoms with Crippen molar-refractivity contribution in [1.29, 1.82) is 0 Å². The van der Waals surface area contributed by atoms with Gasteiger partial charge in [0.15, 0.2) is 6.10 Å². The summed E-state index contributed by atoms with van der Waals surface area (Å²) in [5.74, 6) is -0.940. The Morgan fingerprint density at radius 1 is 1.12 bits per heavy atom. The summed E-state index contributed by atoms with van der Waals surface area (Å²) in [6.07, 6.45) is -2.07. The molecule has 0 N–H and O–H groups in total. The first-order valence-electron chi connectivity index (χ1n) is 7.93. The van der Waals surface area contributed by atoms with Crippen LogP contribution in [0.2, 0.25) is 0 Å². The molecule has 144 valence electrons. The highest BCUT2D eigenvalue weighted by Crippen LogP contribution is 2.40. The van der Waals surface area contributed by atoms with Crippen molar-refractivity contribution in [3.05, 3.63) is 20.2 Å². The molecule has 1 rings (SSSR count). The molecule has 1 aliphatic heterocycles. The molecule has 0 spiro atoms. The monoisotopic (exact) mass is 363 g/mol. The van der Waals surface area contributed by atoms with E-state index in [-0.39, 0.29) is 6.42 Å². The minimum atomic E-state index is -1.34. The topological polar surface area (TPSA) is 134 Å². The summed E-state index contributed by atoms with van der Waals surface area (Å²) < 4.78 is 0. The molecule has 0 aromatic carbocycles. The summed E-state index contributed by atoms with van der Waals surface area (Å²) in [4.78, 5) is 48.7. The van der Waals surface area contributed by atoms with E-state index in [1.165, 1.54) is 5.06 Å². The van der Waals surface area contributed by atoms with E-state index in [2.05, 4.69) is 4.84 Å². The van der Waals surface area contributed by atoms with Crippen LogP contribution < -0.4 is 0 Å². The molecular weight excluding hydrogens is 338 g/mol. The zero-order valence-corrected chi connectivity index (χ0v) is 15.3. The Hall–Kier alpha value is -2.17. The van der Waals surface area contributed by atoms with Gasteiger partial charge in [0.05, 0.1) is 17.0 Å². The van der Waals surface area contributed by atoms with Crippen molar-refractivity contribution in [2.75, 3.05) is 0 Å². The molecule has 0 bridgehead atoms. The van der Waals surface area contributed by atoms with Crippen LogP contribution in [0.4, 0.5) is 0 Å². The number of carbonyl (C=O) groups excluding carboxylic acids is 1. The first kappa shape index (κ1) is 20.9. The Morgan fingerprint density at radius 3 is 2.08 bits per heavy atom. The SMILES string of the molecule is CC(C)C(=O)ON1C(C)(C)CCC(O[N+](=O)[O-])C(O[N+](=O)[O-])C1(C)C. The molecule has 1 aliphatic rings. The second-order valence-corrected chi connectivity index (χ2v) is 7.48. The third-order valence-electron chi connectivity index (χ3n) is 4.22. The number of hydrogen-bond donors (Lipinski definition) is 0. The molecule has 0 aromatic rings. The van der Waals surface area contributed by atoms with Gasteiger partial charge in [-0.3, -0.25) is 4.79 Å². The largest absolute Gasteiger partial charge is 0.367 e. The maximum absolute atomic E-state index is 12.1. The minimum absolute atomic E-state index is 0.117. The molecule has 0 amide bonds. The third kappa shape index (κ3) is 4.91. The van der Waals surface area contributed by atoms with Crippen LogP contribution in [0.25, 0.3) is 0 Å². The molecule has 0 aromatic heterocycles. The number of nitrogens with zero attached hydrogens (tertiary/aromatic N) is 3. The Kier molecular flexibility index (Phi) is 6.16. The molecule has 2 atom stereocenters. The summed E-state index contributed by atoms with van der Waals surface area (Å²) in [5.41, 5.74) is -2.01. The van der Waals surface area contributed by atoms with Gasteiger partial charge in [-0.15, -0.1) is 25.3 Å². The predicted molar refractivity (Wildman–Crippen MR) is 83.9 cm³/mol. The minimum Gasteiger partial charge on any atom is -0.367 e. The summed E-state index contributed by atoms with van der Waals surface area (Å²) >= 11 is 0. The van der Waals surface area contributed by atoms with E-state index in [9.17, 15) is 25.0 Å². The summed E-state index contributed by atoms with van der Waals surface area (Å²) in [5, 5.41) is 21.0. The van der Waals surface area contributed by atoms with Crippen LogP contribution >= 0.6 is 0 Å². The second kappa shape index (κ2) is 7.38. The molecule has 11 heteroatoms. The Morgan fingerprint density at radius 2 is 1.64 bits per heavy atom. The number of rotatable bonds is 6. The molecule has 0 saturated carbocycles. The average molecular weight is 363 g/mol. The fourth-order valence-electron chi connectivity index (χ4n) is 3.04. The van der Waals surface area contributed by atoms with Crippen LogP contribution in [0, 0.1) is 26.1 Å². The van der Waals surface area contributed by atoms with Crippen molar-refractivity contribution >= 4 is 5.97 Å². The Bertz CT molecular complexity index is 534. The summed E-state index contributed by atoms with van der Waals surface area (Å²) in [7, 11) is 0. The molecular formula is C14H25N3O8. The van der Waals surface area contributed by atoms with Crippen molar-refractivity contribution in [1.82, 2.24) is 5.06 Å². The lowest BCUT2D eigenvalue weighted by atomic mass is 9.92. The maximum Gasteiger partial charge on any atom is 0.327 e. The van der Waals surface area contributed by atoms with Gasteiger partial charge in [-0.05, 0) is 40.5 Å². The highest BCUT2D eigenvalue weighted by atomic mass is 17.0. The van der Waals surface area contributed by atoms with Gasteiger partial charge in [-0.1, -0.05) is 13.8 Å². The van der Waals surface area contributed by atoms with Gasteiger partial charge >= 0.3 is 5.97 Å². The lowest BCUT2D eigenvalue weighted by Crippen LogP contribution is -2.62. The smallest absolute Gasteiger partial charge is 0.327 e. The van der Waals surface area contributed by atoms with Crippen molar-refractivity contribution in [3.63, 3.8) is 0 Å². The number of carbonyl (C=O) groups is 1. The van der Waals surface area contributed by atoms with Crippen molar-refractivity contribution in [2.24, 2.45) is 5.92 Å². The zero-order chi connectivity index (χ0) is 19.6. The standard InChI is InChI=1S/C14H25N3O8/c1-9(2)12(18)25-15-13(3,4)8-7-10(23-16(19)20)11(14(15,5)6)24-17(21)22/h9-11H,7-8H2,1-6H3. The van der Waals surface area contributed by atoms with Gasteiger partial charge in [0.25, 0.3) is 10.2 Å². The maximum atomic E-state index is 12.1. The normalized spacial score (nSPS) is 25.7. The third-order valence-corrected chi connectivity index (χ3v) is 4.22. The van der Waals surface area contributed by atoms with Gasteiger partial charge in [-0.25, -0.2) is 0 Å².